The van der Waals surface area contributed by atoms with Gasteiger partial charge in [-0.2, -0.15) is 0 Å². The van der Waals surface area contributed by atoms with E-state index in [-0.39, 0.29) is 0 Å². The number of aromatic nitrogens is 1. The molecule has 0 aliphatic rings. The van der Waals surface area contributed by atoms with Crippen LogP contribution in [0.3, 0.4) is 0 Å². The second kappa shape index (κ2) is 4.79. The Morgan fingerprint density at radius 2 is 2.33 bits per heavy atom. The molecule has 0 atom stereocenters. The fourth-order valence-electron chi connectivity index (χ4n) is 1.34. The molecule has 0 saturated carbocycles. The minimum Gasteiger partial charge on any atom is -0.397 e. The number of nitrogens with zero attached hydrogens (tertiary/aromatic N) is 1. The average molecular weight is 219 g/mol. The van der Waals surface area contributed by atoms with Crippen LogP contribution >= 0.6 is 11.3 Å². The van der Waals surface area contributed by atoms with E-state index >= 15 is 0 Å². The second-order valence-corrected chi connectivity index (χ2v) is 4.30. The van der Waals surface area contributed by atoms with Crippen LogP contribution in [0.5, 0.6) is 0 Å². The summed E-state index contributed by atoms with van der Waals surface area (Å²) in [4.78, 5) is 5.40. The third-order valence-electron chi connectivity index (χ3n) is 2.04. The molecule has 0 fully saturated rings. The first-order valence-corrected chi connectivity index (χ1v) is 5.69. The van der Waals surface area contributed by atoms with Crippen molar-refractivity contribution in [2.45, 2.75) is 6.42 Å². The molecular formula is C11H13N3S. The van der Waals surface area contributed by atoms with Crippen molar-refractivity contribution >= 4 is 22.7 Å². The van der Waals surface area contributed by atoms with Crippen LogP contribution in [0.25, 0.3) is 0 Å². The van der Waals surface area contributed by atoms with Gasteiger partial charge < -0.3 is 11.1 Å². The Hall–Kier alpha value is -1.55. The largest absolute Gasteiger partial charge is 0.397 e. The minimum absolute atomic E-state index is 0.691. The zero-order valence-corrected chi connectivity index (χ0v) is 9.13. The molecule has 2 rings (SSSR count). The highest BCUT2D eigenvalue weighted by atomic mass is 32.1. The van der Waals surface area contributed by atoms with Gasteiger partial charge in [0.2, 0.25) is 0 Å². The van der Waals surface area contributed by atoms with Gasteiger partial charge in [0.05, 0.1) is 17.6 Å². The van der Waals surface area contributed by atoms with Gasteiger partial charge in [0.15, 0.2) is 0 Å². The zero-order valence-electron chi connectivity index (χ0n) is 8.31. The van der Waals surface area contributed by atoms with Crippen molar-refractivity contribution in [3.63, 3.8) is 0 Å². The van der Waals surface area contributed by atoms with Crippen LogP contribution in [0.2, 0.25) is 0 Å². The highest BCUT2D eigenvalue weighted by molar-refractivity contribution is 7.09. The summed E-state index contributed by atoms with van der Waals surface area (Å²) in [5, 5.41) is 5.38. The predicted molar refractivity (Wildman–Crippen MR) is 65.2 cm³/mol. The van der Waals surface area contributed by atoms with Crippen LogP contribution < -0.4 is 11.1 Å². The fourth-order valence-corrected chi connectivity index (χ4v) is 2.05. The van der Waals surface area contributed by atoms with Crippen molar-refractivity contribution in [2.75, 3.05) is 17.6 Å². The lowest BCUT2D eigenvalue weighted by Crippen LogP contribution is -2.04. The molecule has 0 radical (unpaired) electrons. The summed E-state index contributed by atoms with van der Waals surface area (Å²) in [6, 6.07) is 6.10. The van der Waals surface area contributed by atoms with Crippen LogP contribution in [0.4, 0.5) is 11.4 Å². The lowest BCUT2D eigenvalue weighted by molar-refractivity contribution is 1.04. The van der Waals surface area contributed by atoms with Crippen molar-refractivity contribution in [3.8, 4) is 0 Å². The molecular weight excluding hydrogens is 206 g/mol. The molecule has 0 saturated heterocycles. The third kappa shape index (κ3) is 2.95. The Labute approximate surface area is 93.0 Å². The van der Waals surface area contributed by atoms with E-state index in [0.717, 1.165) is 18.7 Å². The molecule has 78 valence electrons. The summed E-state index contributed by atoms with van der Waals surface area (Å²) in [7, 11) is 0. The molecule has 0 unspecified atom stereocenters. The summed E-state index contributed by atoms with van der Waals surface area (Å²) in [5.74, 6) is 0. The second-order valence-electron chi connectivity index (χ2n) is 3.26. The van der Waals surface area contributed by atoms with Gasteiger partial charge in [0.25, 0.3) is 0 Å². The van der Waals surface area contributed by atoms with E-state index in [4.69, 9.17) is 5.73 Å². The van der Waals surface area contributed by atoms with Crippen LogP contribution in [0.1, 0.15) is 4.88 Å². The van der Waals surface area contributed by atoms with E-state index < -0.39 is 0 Å². The van der Waals surface area contributed by atoms with Crippen molar-refractivity contribution < 1.29 is 0 Å². The maximum Gasteiger partial charge on any atom is 0.0547 e. The Morgan fingerprint density at radius 1 is 1.40 bits per heavy atom. The lowest BCUT2D eigenvalue weighted by Gasteiger charge is -2.05. The molecule has 0 spiro atoms. The SMILES string of the molecule is Nc1cncc(NCCc2cccs2)c1. The Morgan fingerprint density at radius 3 is 3.07 bits per heavy atom. The smallest absolute Gasteiger partial charge is 0.0547 e. The van der Waals surface area contributed by atoms with Crippen LogP contribution in [-0.4, -0.2) is 11.5 Å². The summed E-state index contributed by atoms with van der Waals surface area (Å²) in [6.45, 7) is 0.908. The molecule has 0 aromatic carbocycles. The van der Waals surface area contributed by atoms with Crippen LogP contribution in [-0.2, 0) is 6.42 Å². The van der Waals surface area contributed by atoms with Gasteiger partial charge >= 0.3 is 0 Å². The molecule has 0 aliphatic heterocycles. The zero-order chi connectivity index (χ0) is 10.5. The molecule has 0 aliphatic carbocycles. The Bertz CT molecular complexity index is 412. The minimum atomic E-state index is 0.691. The van der Waals surface area contributed by atoms with Crippen LogP contribution in [0, 0.1) is 0 Å². The van der Waals surface area contributed by atoms with Gasteiger partial charge in [0.1, 0.15) is 0 Å². The standard InChI is InChI=1S/C11H13N3S/c12-9-6-10(8-13-7-9)14-4-3-11-2-1-5-15-11/h1-2,5-8,14H,3-4,12H2. The number of rotatable bonds is 4. The maximum atomic E-state index is 5.62. The van der Waals surface area contributed by atoms with E-state index in [1.165, 1.54) is 4.88 Å². The van der Waals surface area contributed by atoms with Gasteiger partial charge in [-0.25, -0.2) is 0 Å². The summed E-state index contributed by atoms with van der Waals surface area (Å²) < 4.78 is 0. The van der Waals surface area contributed by atoms with Gasteiger partial charge in [-0.15, -0.1) is 11.3 Å². The lowest BCUT2D eigenvalue weighted by atomic mass is 10.3. The summed E-state index contributed by atoms with van der Waals surface area (Å²) in [5.41, 5.74) is 7.29. The van der Waals surface area contributed by atoms with Gasteiger partial charge in [-0.05, 0) is 23.9 Å². The number of hydrogen-bond acceptors (Lipinski definition) is 4. The summed E-state index contributed by atoms with van der Waals surface area (Å²) >= 11 is 1.78. The van der Waals surface area contributed by atoms with Crippen LogP contribution in [0.15, 0.2) is 36.0 Å². The number of nitrogens with one attached hydrogen (secondary N) is 1. The third-order valence-corrected chi connectivity index (χ3v) is 2.98. The molecule has 4 heteroatoms. The first-order chi connectivity index (χ1) is 7.34. The molecule has 15 heavy (non-hydrogen) atoms. The van der Waals surface area contributed by atoms with Gasteiger partial charge in [-0.1, -0.05) is 6.07 Å². The number of anilines is 2. The summed E-state index contributed by atoms with van der Waals surface area (Å²) in [6.07, 6.45) is 4.46. The predicted octanol–water partition coefficient (Wildman–Crippen LogP) is 2.38. The number of hydrogen-bond donors (Lipinski definition) is 2. The van der Waals surface area contributed by atoms with E-state index in [1.807, 2.05) is 6.07 Å². The molecule has 3 nitrogen and oxygen atoms in total. The molecule has 0 amide bonds. The quantitative estimate of drug-likeness (QED) is 0.830. The number of nitrogens with two attached hydrogens (primary N) is 1. The van der Waals surface area contributed by atoms with E-state index in [0.29, 0.717) is 5.69 Å². The van der Waals surface area contributed by atoms with Gasteiger partial charge in [-0.3, -0.25) is 4.98 Å². The first-order valence-electron chi connectivity index (χ1n) is 4.81. The van der Waals surface area contributed by atoms with Crippen molar-refractivity contribution in [2.24, 2.45) is 0 Å². The molecule has 3 N–H and O–H groups in total. The topological polar surface area (TPSA) is 50.9 Å². The maximum absolute atomic E-state index is 5.62. The highest BCUT2D eigenvalue weighted by Crippen LogP contribution is 2.11. The van der Waals surface area contributed by atoms with E-state index in [1.54, 1.807) is 23.7 Å². The van der Waals surface area contributed by atoms with Crippen molar-refractivity contribution in [3.05, 3.63) is 40.8 Å². The molecule has 2 heterocycles. The number of nitrogen functional groups attached to an aromatic ring is 1. The fraction of sp³-hybridized carbons (Fsp3) is 0.182. The average Bonchev–Trinajstić information content (AvgIpc) is 2.71. The monoisotopic (exact) mass is 219 g/mol. The molecule has 0 bridgehead atoms. The number of pyridine rings is 1. The van der Waals surface area contributed by atoms with Gasteiger partial charge in [0, 0.05) is 17.6 Å². The Balaban J connectivity index is 1.83. The normalized spacial score (nSPS) is 10.1. The molecule has 2 aromatic heterocycles. The Kier molecular flexibility index (Phi) is 3.19. The molecule has 2 aromatic rings. The van der Waals surface area contributed by atoms with Crippen molar-refractivity contribution in [1.29, 1.82) is 0 Å². The van der Waals surface area contributed by atoms with E-state index in [9.17, 15) is 0 Å². The highest BCUT2D eigenvalue weighted by Gasteiger charge is 1.95. The van der Waals surface area contributed by atoms with E-state index in [2.05, 4.69) is 27.8 Å². The van der Waals surface area contributed by atoms with Crippen molar-refractivity contribution in [1.82, 2.24) is 4.98 Å². The first kappa shape index (κ1) is 9.98. The number of thiophene rings is 1.